The standard InChI is InChI=1S/C2H5NO.3Ti/c1-2(3)4;;;/h2,4H,1H3;;;. The summed E-state index contributed by atoms with van der Waals surface area (Å²) in [6.07, 6.45) is -1.17. The van der Waals surface area contributed by atoms with E-state index in [1.165, 1.54) is 6.92 Å². The van der Waals surface area contributed by atoms with E-state index in [-0.39, 0.29) is 65.2 Å². The Hall–Kier alpha value is 2.06. The molecule has 36 valence electrons. The minimum absolute atomic E-state index is 0. The average Bonchev–Trinajstić information content (AvgIpc) is 0.811. The van der Waals surface area contributed by atoms with Gasteiger partial charge in [-0.15, -0.1) is 5.73 Å². The van der Waals surface area contributed by atoms with Gasteiger partial charge in [-0.05, 0) is 6.92 Å². The normalized spacial score (nSPS) is 9.00. The predicted octanol–water partition coefficient (Wildman–Crippen LogP) is -0.614. The average molecular weight is 203 g/mol. The summed E-state index contributed by atoms with van der Waals surface area (Å²) in [5.74, 6) is 0. The van der Waals surface area contributed by atoms with Gasteiger partial charge in [0, 0.05) is 65.2 Å². The van der Waals surface area contributed by atoms with Gasteiger partial charge in [-0.25, -0.2) is 0 Å². The summed E-state index contributed by atoms with van der Waals surface area (Å²) in [6, 6.07) is 0. The molecule has 0 saturated heterocycles. The zero-order chi connectivity index (χ0) is 3.58. The smallest absolute Gasteiger partial charge is 0.135 e. The maximum absolute atomic E-state index is 7.61. The molecule has 0 saturated carbocycles. The van der Waals surface area contributed by atoms with Crippen molar-refractivity contribution in [3.05, 3.63) is 0 Å². The SMILES string of the molecule is CC([N])O.[Ti].[Ti].[Ti]. The van der Waals surface area contributed by atoms with Crippen LogP contribution in [0.25, 0.3) is 0 Å². The van der Waals surface area contributed by atoms with Crippen LogP contribution in [0.5, 0.6) is 0 Å². The van der Waals surface area contributed by atoms with Gasteiger partial charge in [0.1, 0.15) is 6.23 Å². The van der Waals surface area contributed by atoms with Gasteiger partial charge in [-0.1, -0.05) is 0 Å². The summed E-state index contributed by atoms with van der Waals surface area (Å²) in [5.41, 5.74) is 7.61. The van der Waals surface area contributed by atoms with Gasteiger partial charge in [0.2, 0.25) is 0 Å². The number of hydrogen-bond donors (Lipinski definition) is 1. The second-order valence-corrected chi connectivity index (χ2v) is 0.632. The first-order valence-electron chi connectivity index (χ1n) is 1.09. The van der Waals surface area contributed by atoms with E-state index in [2.05, 4.69) is 0 Å². The molecule has 0 spiro atoms. The van der Waals surface area contributed by atoms with E-state index >= 15 is 0 Å². The fourth-order valence-corrected chi connectivity index (χ4v) is 0. The van der Waals surface area contributed by atoms with Crippen LogP contribution in [-0.4, -0.2) is 11.3 Å². The zero-order valence-electron chi connectivity index (χ0n) is 3.97. The van der Waals surface area contributed by atoms with Crippen LogP contribution in [0.3, 0.4) is 0 Å². The number of aliphatic hydroxyl groups excluding tert-OH is 1. The molecule has 0 aliphatic carbocycles. The van der Waals surface area contributed by atoms with Crippen molar-refractivity contribution in [2.45, 2.75) is 13.2 Å². The van der Waals surface area contributed by atoms with E-state index in [9.17, 15) is 0 Å². The minimum atomic E-state index is -1.17. The Labute approximate surface area is 88.3 Å². The second kappa shape index (κ2) is 15.7. The predicted molar refractivity (Wildman–Crippen MR) is 13.8 cm³/mol. The molecule has 0 heterocycles. The van der Waals surface area contributed by atoms with E-state index in [1.807, 2.05) is 0 Å². The topological polar surface area (TPSA) is 42.5 Å². The van der Waals surface area contributed by atoms with Crippen molar-refractivity contribution < 1.29 is 70.3 Å². The van der Waals surface area contributed by atoms with Crippen LogP contribution in [0, 0.1) is 0 Å². The third-order valence-corrected chi connectivity index (χ3v) is 0. The molecule has 1 N–H and O–H groups in total. The molecule has 0 aromatic heterocycles. The van der Waals surface area contributed by atoms with Crippen LogP contribution in [0.15, 0.2) is 0 Å². The Kier molecular flexibility index (Phi) is 51.5. The molecule has 1 atom stereocenters. The van der Waals surface area contributed by atoms with Gasteiger partial charge in [-0.2, -0.15) is 0 Å². The summed E-state index contributed by atoms with van der Waals surface area (Å²) in [7, 11) is 0. The molecule has 0 bridgehead atoms. The van der Waals surface area contributed by atoms with E-state index in [4.69, 9.17) is 10.8 Å². The van der Waals surface area contributed by atoms with Crippen molar-refractivity contribution in [3.63, 3.8) is 0 Å². The molecule has 0 aliphatic heterocycles. The molecule has 0 amide bonds. The third kappa shape index (κ3) is 69.6. The van der Waals surface area contributed by atoms with Crippen LogP contribution in [0.2, 0.25) is 0 Å². The maximum atomic E-state index is 7.61. The molecule has 1 unspecified atom stereocenters. The van der Waals surface area contributed by atoms with Crippen LogP contribution >= 0.6 is 0 Å². The third-order valence-electron chi connectivity index (χ3n) is 0. The number of hydrogen-bond acceptors (Lipinski definition) is 1. The Bertz CT molecular complexity index is 17.7. The molecular formula is C2H5NOTi3. The molecule has 0 aromatic rings. The summed E-state index contributed by atoms with van der Waals surface area (Å²) in [6.45, 7) is 1.28. The Morgan fingerprint density at radius 3 is 1.29 bits per heavy atom. The number of aliphatic hydroxyl groups is 1. The van der Waals surface area contributed by atoms with Gasteiger partial charge in [0.15, 0.2) is 0 Å². The fourth-order valence-electron chi connectivity index (χ4n) is 0. The first kappa shape index (κ1) is 23.0. The second-order valence-electron chi connectivity index (χ2n) is 0.632. The molecule has 2 nitrogen and oxygen atoms in total. The minimum Gasteiger partial charge on any atom is -0.376 e. The van der Waals surface area contributed by atoms with Crippen molar-refractivity contribution >= 4 is 0 Å². The van der Waals surface area contributed by atoms with Crippen molar-refractivity contribution in [2.75, 3.05) is 0 Å². The molecule has 2 radical (unpaired) electrons. The van der Waals surface area contributed by atoms with Gasteiger partial charge in [0.05, 0.1) is 0 Å². The Morgan fingerprint density at radius 1 is 1.29 bits per heavy atom. The van der Waals surface area contributed by atoms with Crippen LogP contribution < -0.4 is 5.73 Å². The van der Waals surface area contributed by atoms with Gasteiger partial charge in [0.25, 0.3) is 0 Å². The van der Waals surface area contributed by atoms with Crippen molar-refractivity contribution in [3.8, 4) is 0 Å². The molecule has 5 heteroatoms. The van der Waals surface area contributed by atoms with Crippen molar-refractivity contribution in [1.82, 2.24) is 5.73 Å². The van der Waals surface area contributed by atoms with Gasteiger partial charge >= 0.3 is 0 Å². The molecule has 0 aliphatic rings. The van der Waals surface area contributed by atoms with Gasteiger partial charge < -0.3 is 5.11 Å². The Balaban J connectivity index is -0.0000000150. The molecule has 0 aromatic carbocycles. The number of rotatable bonds is 0. The summed E-state index contributed by atoms with van der Waals surface area (Å²) >= 11 is 0. The van der Waals surface area contributed by atoms with Crippen LogP contribution in [0.1, 0.15) is 6.92 Å². The molecule has 0 rings (SSSR count). The molecule has 7 heavy (non-hydrogen) atoms. The summed E-state index contributed by atoms with van der Waals surface area (Å²) in [4.78, 5) is 0. The van der Waals surface area contributed by atoms with E-state index in [0.29, 0.717) is 0 Å². The largest absolute Gasteiger partial charge is 0.376 e. The fraction of sp³-hybridized carbons (Fsp3) is 1.00. The van der Waals surface area contributed by atoms with E-state index < -0.39 is 6.23 Å². The van der Waals surface area contributed by atoms with Crippen LogP contribution in [-0.2, 0) is 65.2 Å². The zero-order valence-corrected chi connectivity index (χ0v) is 8.66. The first-order chi connectivity index (χ1) is 1.73. The maximum Gasteiger partial charge on any atom is 0.135 e. The first-order valence-corrected chi connectivity index (χ1v) is 1.09. The van der Waals surface area contributed by atoms with E-state index in [0.717, 1.165) is 0 Å². The van der Waals surface area contributed by atoms with Crippen LogP contribution in [0.4, 0.5) is 0 Å². The van der Waals surface area contributed by atoms with Crippen molar-refractivity contribution in [2.24, 2.45) is 0 Å². The quantitative estimate of drug-likeness (QED) is 0.523. The monoisotopic (exact) mass is 203 g/mol. The van der Waals surface area contributed by atoms with Crippen molar-refractivity contribution in [1.29, 1.82) is 0 Å². The molecule has 0 fully saturated rings. The molecular weight excluding hydrogens is 198 g/mol. The summed E-state index contributed by atoms with van der Waals surface area (Å²) < 4.78 is 0. The Morgan fingerprint density at radius 2 is 1.29 bits per heavy atom. The van der Waals surface area contributed by atoms with Gasteiger partial charge in [-0.3, -0.25) is 0 Å². The number of nitrogens with zero attached hydrogens (tertiary/aromatic N) is 1. The van der Waals surface area contributed by atoms with E-state index in [1.54, 1.807) is 0 Å². The summed E-state index contributed by atoms with van der Waals surface area (Å²) in [5, 5.41) is 7.61.